The third-order valence-electron chi connectivity index (χ3n) is 2.83. The molecule has 2 nitrogen and oxygen atoms in total. The van der Waals surface area contributed by atoms with E-state index in [1.54, 1.807) is 0 Å². The Morgan fingerprint density at radius 3 is 2.70 bits per heavy atom. The summed E-state index contributed by atoms with van der Waals surface area (Å²) in [6.07, 6.45) is 4.05. The molecule has 3 N–H and O–H groups in total. The molecule has 3 atom stereocenters. The number of hydrogen-bond acceptors (Lipinski definition) is 2. The molecule has 1 saturated heterocycles. The van der Waals surface area contributed by atoms with Crippen molar-refractivity contribution in [3.8, 4) is 0 Å². The Balaban J connectivity index is 1.81. The van der Waals surface area contributed by atoms with E-state index >= 15 is 0 Å². The molecule has 2 rings (SSSR count). The predicted octanol–water partition coefficient (Wildman–Crippen LogP) is 0.333. The summed E-state index contributed by atoms with van der Waals surface area (Å²) in [5.74, 6) is 1.77. The van der Waals surface area contributed by atoms with E-state index in [-0.39, 0.29) is 0 Å². The fraction of sp³-hybridized carbons (Fsp3) is 1.00. The zero-order valence-corrected chi connectivity index (χ0v) is 6.34. The summed E-state index contributed by atoms with van der Waals surface area (Å²) >= 11 is 0. The van der Waals surface area contributed by atoms with Crippen LogP contribution in [0, 0.1) is 11.8 Å². The number of piperidine rings is 1. The maximum Gasteiger partial charge on any atom is 0.00741 e. The molecule has 0 amide bonds. The first-order valence-electron chi connectivity index (χ1n) is 4.34. The molecule has 1 saturated carbocycles. The first kappa shape index (κ1) is 6.62. The Morgan fingerprint density at radius 1 is 1.40 bits per heavy atom. The minimum Gasteiger partial charge on any atom is -0.327 e. The second kappa shape index (κ2) is 2.51. The molecule has 10 heavy (non-hydrogen) atoms. The van der Waals surface area contributed by atoms with Crippen LogP contribution in [-0.4, -0.2) is 19.1 Å². The molecular weight excluding hydrogens is 124 g/mol. The average Bonchev–Trinajstić information content (AvgIpc) is 2.69. The van der Waals surface area contributed by atoms with Crippen LogP contribution in [0.4, 0.5) is 0 Å². The maximum atomic E-state index is 5.77. The van der Waals surface area contributed by atoms with E-state index in [4.69, 9.17) is 5.73 Å². The van der Waals surface area contributed by atoms with Crippen LogP contribution >= 0.6 is 0 Å². The molecule has 2 aliphatic rings. The highest BCUT2D eigenvalue weighted by Gasteiger charge is 2.40. The molecule has 0 aromatic carbocycles. The van der Waals surface area contributed by atoms with E-state index in [1.165, 1.54) is 32.4 Å². The lowest BCUT2D eigenvalue weighted by molar-refractivity contribution is 0.337. The molecule has 3 unspecified atom stereocenters. The van der Waals surface area contributed by atoms with Crippen LogP contribution < -0.4 is 11.1 Å². The molecule has 0 radical (unpaired) electrons. The van der Waals surface area contributed by atoms with Gasteiger partial charge in [0.15, 0.2) is 0 Å². The largest absolute Gasteiger partial charge is 0.327 e. The average molecular weight is 140 g/mol. The highest BCUT2D eigenvalue weighted by atomic mass is 14.9. The summed E-state index contributed by atoms with van der Waals surface area (Å²) in [7, 11) is 0. The van der Waals surface area contributed by atoms with Gasteiger partial charge in [-0.2, -0.15) is 0 Å². The van der Waals surface area contributed by atoms with Crippen molar-refractivity contribution in [2.24, 2.45) is 17.6 Å². The third-order valence-corrected chi connectivity index (χ3v) is 2.83. The lowest BCUT2D eigenvalue weighted by Gasteiger charge is -2.22. The fourth-order valence-electron chi connectivity index (χ4n) is 2.02. The van der Waals surface area contributed by atoms with Gasteiger partial charge >= 0.3 is 0 Å². The number of hydrogen-bond donors (Lipinski definition) is 2. The van der Waals surface area contributed by atoms with Crippen molar-refractivity contribution in [1.82, 2.24) is 5.32 Å². The van der Waals surface area contributed by atoms with Crippen molar-refractivity contribution in [2.75, 3.05) is 13.1 Å². The van der Waals surface area contributed by atoms with Crippen molar-refractivity contribution < 1.29 is 0 Å². The Bertz CT molecular complexity index is 118. The van der Waals surface area contributed by atoms with Crippen molar-refractivity contribution in [1.29, 1.82) is 0 Å². The minimum absolute atomic E-state index is 0.546. The van der Waals surface area contributed by atoms with Crippen LogP contribution in [0.2, 0.25) is 0 Å². The Morgan fingerprint density at radius 2 is 2.20 bits per heavy atom. The van der Waals surface area contributed by atoms with Gasteiger partial charge in [-0.25, -0.2) is 0 Å². The fourth-order valence-corrected chi connectivity index (χ4v) is 2.02. The van der Waals surface area contributed by atoms with Gasteiger partial charge in [-0.3, -0.25) is 0 Å². The molecule has 1 heterocycles. The predicted molar refractivity (Wildman–Crippen MR) is 41.7 cm³/mol. The van der Waals surface area contributed by atoms with Crippen molar-refractivity contribution in [3.63, 3.8) is 0 Å². The Hall–Kier alpha value is -0.0800. The van der Waals surface area contributed by atoms with E-state index < -0.39 is 0 Å². The van der Waals surface area contributed by atoms with Crippen LogP contribution in [0.3, 0.4) is 0 Å². The van der Waals surface area contributed by atoms with E-state index in [9.17, 15) is 0 Å². The van der Waals surface area contributed by atoms with Crippen molar-refractivity contribution >= 4 is 0 Å². The summed E-state index contributed by atoms with van der Waals surface area (Å²) in [4.78, 5) is 0. The molecule has 1 aliphatic carbocycles. The lowest BCUT2D eigenvalue weighted by Crippen LogP contribution is -2.32. The maximum absolute atomic E-state index is 5.77. The SMILES string of the molecule is NC1CC1C1CCCNC1. The topological polar surface area (TPSA) is 38.0 Å². The van der Waals surface area contributed by atoms with Gasteiger partial charge in [0.2, 0.25) is 0 Å². The number of rotatable bonds is 1. The van der Waals surface area contributed by atoms with E-state index in [0.717, 1.165) is 11.8 Å². The molecule has 2 fully saturated rings. The Kier molecular flexibility index (Phi) is 1.66. The van der Waals surface area contributed by atoms with Gasteiger partial charge < -0.3 is 11.1 Å². The quantitative estimate of drug-likeness (QED) is 0.551. The highest BCUT2D eigenvalue weighted by molar-refractivity contribution is 4.96. The summed E-state index contributed by atoms with van der Waals surface area (Å²) in [6, 6.07) is 0.546. The zero-order chi connectivity index (χ0) is 6.97. The molecule has 2 heteroatoms. The summed E-state index contributed by atoms with van der Waals surface area (Å²) in [5, 5.41) is 3.42. The first-order valence-corrected chi connectivity index (χ1v) is 4.34. The molecule has 0 spiro atoms. The van der Waals surface area contributed by atoms with Gasteiger partial charge in [0.1, 0.15) is 0 Å². The van der Waals surface area contributed by atoms with Crippen LogP contribution in [0.1, 0.15) is 19.3 Å². The molecule has 0 bridgehead atoms. The Labute approximate surface area is 62.2 Å². The van der Waals surface area contributed by atoms with E-state index in [2.05, 4.69) is 5.32 Å². The summed E-state index contributed by atoms with van der Waals surface area (Å²) in [5.41, 5.74) is 5.77. The van der Waals surface area contributed by atoms with Gasteiger partial charge in [-0.05, 0) is 44.2 Å². The van der Waals surface area contributed by atoms with Crippen LogP contribution in [-0.2, 0) is 0 Å². The molecule has 0 aromatic heterocycles. The second-order valence-electron chi connectivity index (χ2n) is 3.67. The second-order valence-corrected chi connectivity index (χ2v) is 3.67. The van der Waals surface area contributed by atoms with Crippen molar-refractivity contribution in [2.45, 2.75) is 25.3 Å². The third kappa shape index (κ3) is 1.18. The molecule has 0 aromatic rings. The first-order chi connectivity index (χ1) is 4.88. The lowest BCUT2D eigenvalue weighted by atomic mass is 9.94. The normalized spacial score (nSPS) is 47.1. The van der Waals surface area contributed by atoms with Gasteiger partial charge in [-0.1, -0.05) is 0 Å². The van der Waals surface area contributed by atoms with Crippen LogP contribution in [0.25, 0.3) is 0 Å². The monoisotopic (exact) mass is 140 g/mol. The van der Waals surface area contributed by atoms with Crippen molar-refractivity contribution in [3.05, 3.63) is 0 Å². The highest BCUT2D eigenvalue weighted by Crippen LogP contribution is 2.38. The molecular formula is C8H16N2. The number of nitrogens with two attached hydrogens (primary N) is 1. The van der Waals surface area contributed by atoms with E-state index in [0.29, 0.717) is 6.04 Å². The van der Waals surface area contributed by atoms with Gasteiger partial charge in [0, 0.05) is 6.04 Å². The molecule has 58 valence electrons. The van der Waals surface area contributed by atoms with Crippen LogP contribution in [0.5, 0.6) is 0 Å². The number of nitrogens with one attached hydrogen (secondary N) is 1. The van der Waals surface area contributed by atoms with E-state index in [1.807, 2.05) is 0 Å². The molecule has 1 aliphatic heterocycles. The zero-order valence-electron chi connectivity index (χ0n) is 6.34. The van der Waals surface area contributed by atoms with Gasteiger partial charge in [0.25, 0.3) is 0 Å². The summed E-state index contributed by atoms with van der Waals surface area (Å²) < 4.78 is 0. The van der Waals surface area contributed by atoms with Gasteiger partial charge in [-0.15, -0.1) is 0 Å². The standard InChI is InChI=1S/C8H16N2/c9-8-4-7(8)6-2-1-3-10-5-6/h6-8,10H,1-5,9H2. The minimum atomic E-state index is 0.546. The summed E-state index contributed by atoms with van der Waals surface area (Å²) in [6.45, 7) is 2.44. The smallest absolute Gasteiger partial charge is 0.00741 e. The van der Waals surface area contributed by atoms with Gasteiger partial charge in [0.05, 0.1) is 0 Å². The van der Waals surface area contributed by atoms with Crippen LogP contribution in [0.15, 0.2) is 0 Å².